The molecule has 1 saturated heterocycles. The number of nitrogens with zero attached hydrogens (tertiary/aromatic N) is 1. The van der Waals surface area contributed by atoms with E-state index in [-0.39, 0.29) is 11.9 Å². The van der Waals surface area contributed by atoms with Gasteiger partial charge in [0, 0.05) is 42.3 Å². The molecule has 0 spiro atoms. The molecule has 1 heterocycles. The average Bonchev–Trinajstić information content (AvgIpc) is 2.98. The number of nitrogens with one attached hydrogen (secondary N) is 1. The zero-order chi connectivity index (χ0) is 13.9. The van der Waals surface area contributed by atoms with E-state index < -0.39 is 0 Å². The molecule has 0 aromatic heterocycles. The molecule has 1 atom stereocenters. The second kappa shape index (κ2) is 6.54. The normalized spacial score (nSPS) is 23.1. The van der Waals surface area contributed by atoms with Gasteiger partial charge in [-0.15, -0.1) is 0 Å². The largest absolute Gasteiger partial charge is 0.314 e. The van der Waals surface area contributed by atoms with Crippen LogP contribution in [-0.4, -0.2) is 31.1 Å². The fourth-order valence-electron chi connectivity index (χ4n) is 3.72. The first-order valence-corrected chi connectivity index (χ1v) is 8.45. The summed E-state index contributed by atoms with van der Waals surface area (Å²) in [5, 5.41) is 3.39. The first kappa shape index (κ1) is 14.5. The number of piperazine rings is 1. The summed E-state index contributed by atoms with van der Waals surface area (Å²) in [5.41, 5.74) is 0.883. The quantitative estimate of drug-likeness (QED) is 0.901. The summed E-state index contributed by atoms with van der Waals surface area (Å²) in [6, 6.07) is 5.63. The number of benzene rings is 1. The molecule has 1 aromatic rings. The Hall–Kier alpha value is -0.450. The lowest BCUT2D eigenvalue weighted by Gasteiger charge is -2.38. The van der Waals surface area contributed by atoms with E-state index in [0.717, 1.165) is 36.2 Å². The Labute approximate surface area is 128 Å². The lowest BCUT2D eigenvalue weighted by molar-refractivity contribution is 0.122. The Morgan fingerprint density at radius 2 is 1.90 bits per heavy atom. The van der Waals surface area contributed by atoms with Crippen molar-refractivity contribution in [2.75, 3.05) is 26.2 Å². The van der Waals surface area contributed by atoms with Crippen LogP contribution in [0.4, 0.5) is 4.39 Å². The first-order valence-electron chi connectivity index (χ1n) is 7.65. The van der Waals surface area contributed by atoms with Crippen molar-refractivity contribution in [2.45, 2.75) is 31.7 Å². The molecule has 0 amide bonds. The number of hydrogen-bond donors (Lipinski definition) is 1. The predicted octanol–water partition coefficient (Wildman–Crippen LogP) is 3.72. The van der Waals surface area contributed by atoms with E-state index in [4.69, 9.17) is 0 Å². The second-order valence-electron chi connectivity index (χ2n) is 5.94. The van der Waals surface area contributed by atoms with E-state index in [1.165, 1.54) is 25.7 Å². The first-order chi connectivity index (χ1) is 9.75. The van der Waals surface area contributed by atoms with Gasteiger partial charge in [-0.25, -0.2) is 4.39 Å². The minimum atomic E-state index is -0.0522. The van der Waals surface area contributed by atoms with Crippen LogP contribution in [0.25, 0.3) is 0 Å². The topological polar surface area (TPSA) is 15.3 Å². The number of halogens is 2. The van der Waals surface area contributed by atoms with Gasteiger partial charge in [0.15, 0.2) is 0 Å². The highest BCUT2D eigenvalue weighted by atomic mass is 79.9. The van der Waals surface area contributed by atoms with Crippen LogP contribution >= 0.6 is 15.9 Å². The Morgan fingerprint density at radius 1 is 1.20 bits per heavy atom. The van der Waals surface area contributed by atoms with Gasteiger partial charge < -0.3 is 5.32 Å². The van der Waals surface area contributed by atoms with E-state index in [9.17, 15) is 4.39 Å². The van der Waals surface area contributed by atoms with Crippen molar-refractivity contribution < 1.29 is 4.39 Å². The molecule has 20 heavy (non-hydrogen) atoms. The van der Waals surface area contributed by atoms with Crippen LogP contribution in [0.3, 0.4) is 0 Å². The number of rotatable bonds is 3. The monoisotopic (exact) mass is 340 g/mol. The van der Waals surface area contributed by atoms with E-state index in [0.29, 0.717) is 5.92 Å². The Kier molecular flexibility index (Phi) is 4.74. The summed E-state index contributed by atoms with van der Waals surface area (Å²) in [6.07, 6.45) is 5.06. The van der Waals surface area contributed by atoms with Crippen molar-refractivity contribution in [3.8, 4) is 0 Å². The van der Waals surface area contributed by atoms with Crippen molar-refractivity contribution in [1.29, 1.82) is 0 Å². The summed E-state index contributed by atoms with van der Waals surface area (Å²) in [4.78, 5) is 2.48. The van der Waals surface area contributed by atoms with Gasteiger partial charge in [0.25, 0.3) is 0 Å². The highest BCUT2D eigenvalue weighted by molar-refractivity contribution is 9.10. The van der Waals surface area contributed by atoms with Gasteiger partial charge in [-0.2, -0.15) is 0 Å². The van der Waals surface area contributed by atoms with Crippen LogP contribution in [0, 0.1) is 11.7 Å². The molecular formula is C16H22BrFN2. The maximum Gasteiger partial charge on any atom is 0.128 e. The summed E-state index contributed by atoms with van der Waals surface area (Å²) < 4.78 is 15.3. The molecule has 2 aliphatic rings. The third-order valence-electron chi connectivity index (χ3n) is 4.67. The molecule has 0 bridgehead atoms. The van der Waals surface area contributed by atoms with Crippen LogP contribution in [0.15, 0.2) is 22.7 Å². The maximum absolute atomic E-state index is 14.4. The Morgan fingerprint density at radius 3 is 2.60 bits per heavy atom. The van der Waals surface area contributed by atoms with Crippen LogP contribution in [0.2, 0.25) is 0 Å². The van der Waals surface area contributed by atoms with Crippen LogP contribution in [0.1, 0.15) is 37.3 Å². The fraction of sp³-hybridized carbons (Fsp3) is 0.625. The van der Waals surface area contributed by atoms with Crippen LogP contribution in [0.5, 0.6) is 0 Å². The third kappa shape index (κ3) is 3.07. The fourth-order valence-corrected chi connectivity index (χ4v) is 4.10. The van der Waals surface area contributed by atoms with E-state index in [1.54, 1.807) is 12.1 Å². The smallest absolute Gasteiger partial charge is 0.128 e. The zero-order valence-electron chi connectivity index (χ0n) is 11.7. The molecule has 2 fully saturated rings. The summed E-state index contributed by atoms with van der Waals surface area (Å²) in [5.74, 6) is 0.556. The molecule has 110 valence electrons. The highest BCUT2D eigenvalue weighted by Crippen LogP contribution is 2.41. The van der Waals surface area contributed by atoms with Crippen molar-refractivity contribution in [3.63, 3.8) is 0 Å². The minimum Gasteiger partial charge on any atom is -0.314 e. The molecule has 3 rings (SSSR count). The van der Waals surface area contributed by atoms with Crippen LogP contribution < -0.4 is 5.32 Å². The van der Waals surface area contributed by atoms with E-state index in [2.05, 4.69) is 26.1 Å². The van der Waals surface area contributed by atoms with Gasteiger partial charge in [-0.05, 0) is 37.0 Å². The van der Waals surface area contributed by atoms with Crippen molar-refractivity contribution in [3.05, 3.63) is 34.1 Å². The minimum absolute atomic E-state index is 0.0522. The predicted molar refractivity (Wildman–Crippen MR) is 83.2 cm³/mol. The third-order valence-corrected chi connectivity index (χ3v) is 5.16. The summed E-state index contributed by atoms with van der Waals surface area (Å²) in [7, 11) is 0. The van der Waals surface area contributed by atoms with Gasteiger partial charge in [0.2, 0.25) is 0 Å². The Balaban J connectivity index is 1.92. The average molecular weight is 341 g/mol. The second-order valence-corrected chi connectivity index (χ2v) is 6.86. The molecule has 1 aliphatic heterocycles. The lowest BCUT2D eigenvalue weighted by atomic mass is 9.89. The molecule has 1 aliphatic carbocycles. The van der Waals surface area contributed by atoms with Crippen molar-refractivity contribution in [1.82, 2.24) is 10.2 Å². The van der Waals surface area contributed by atoms with Gasteiger partial charge in [0.1, 0.15) is 5.82 Å². The highest BCUT2D eigenvalue weighted by Gasteiger charge is 2.33. The van der Waals surface area contributed by atoms with Gasteiger partial charge in [-0.3, -0.25) is 4.90 Å². The summed E-state index contributed by atoms with van der Waals surface area (Å²) >= 11 is 3.50. The zero-order valence-corrected chi connectivity index (χ0v) is 13.3. The van der Waals surface area contributed by atoms with Gasteiger partial charge in [0.05, 0.1) is 0 Å². The summed E-state index contributed by atoms with van der Waals surface area (Å²) in [6.45, 7) is 4.07. The van der Waals surface area contributed by atoms with Crippen molar-refractivity contribution >= 4 is 15.9 Å². The van der Waals surface area contributed by atoms with Crippen molar-refractivity contribution in [2.24, 2.45) is 5.92 Å². The molecule has 1 N–H and O–H groups in total. The molecule has 2 nitrogen and oxygen atoms in total. The SMILES string of the molecule is Fc1ccc(Br)cc1[C@@H](C1CCCC1)N1CCNCC1. The Bertz CT molecular complexity index is 454. The number of hydrogen-bond acceptors (Lipinski definition) is 2. The van der Waals surface area contributed by atoms with E-state index in [1.807, 2.05) is 6.07 Å². The molecule has 0 radical (unpaired) electrons. The molecule has 0 unspecified atom stereocenters. The maximum atomic E-state index is 14.4. The van der Waals surface area contributed by atoms with Crippen LogP contribution in [-0.2, 0) is 0 Å². The molecular weight excluding hydrogens is 319 g/mol. The lowest BCUT2D eigenvalue weighted by Crippen LogP contribution is -2.46. The van der Waals surface area contributed by atoms with Gasteiger partial charge >= 0.3 is 0 Å². The molecule has 4 heteroatoms. The molecule has 1 saturated carbocycles. The van der Waals surface area contributed by atoms with Gasteiger partial charge in [-0.1, -0.05) is 28.8 Å². The molecule has 1 aromatic carbocycles. The van der Waals surface area contributed by atoms with E-state index >= 15 is 0 Å². The standard InChI is InChI=1S/C16H22BrFN2/c17-13-5-6-15(18)14(11-13)16(12-3-1-2-4-12)20-9-7-19-8-10-20/h5-6,11-12,16,19H,1-4,7-10H2/t16-/m1/s1.